The number of nitrogen functional groups attached to an aromatic ring is 1. The number of pyridine rings is 1. The van der Waals surface area contributed by atoms with Crippen LogP contribution >= 0.6 is 34.9 Å². The number of aryl methyl sites for hydroxylation is 1. The summed E-state index contributed by atoms with van der Waals surface area (Å²) in [6.45, 7) is 0. The van der Waals surface area contributed by atoms with Gasteiger partial charge in [-0.1, -0.05) is 0 Å². The van der Waals surface area contributed by atoms with Crippen LogP contribution in [0.2, 0.25) is 0 Å². The first-order valence-corrected chi connectivity index (χ1v) is 13.0. The summed E-state index contributed by atoms with van der Waals surface area (Å²) < 4.78 is 1.89. The number of nitrogens with zero attached hydrogens (tertiary/aromatic N) is 3. The molecule has 0 aliphatic carbocycles. The minimum Gasteiger partial charge on any atom is -0.478 e. The summed E-state index contributed by atoms with van der Waals surface area (Å²) in [6.07, 6.45) is 4.47. The van der Waals surface area contributed by atoms with Crippen LogP contribution in [0.5, 0.6) is 0 Å². The summed E-state index contributed by atoms with van der Waals surface area (Å²) in [6, 6.07) is 2.84. The van der Waals surface area contributed by atoms with Crippen LogP contribution in [-0.4, -0.2) is 66.8 Å². The monoisotopic (exact) mass is 534 g/mol. The highest BCUT2D eigenvalue weighted by atomic mass is 32.2. The van der Waals surface area contributed by atoms with Crippen LogP contribution < -0.4 is 15.6 Å². The predicted octanol–water partition coefficient (Wildman–Crippen LogP) is 0.549. The number of carboxylic acids is 2. The molecule has 0 saturated carbocycles. The molecule has 0 bridgehead atoms. The maximum absolute atomic E-state index is 12.9. The second kappa shape index (κ2) is 10.1. The Kier molecular flexibility index (Phi) is 7.14. The number of nitrogens with two attached hydrogens (primary N) is 1. The molecule has 5 N–H and O–H groups in total. The topological polar surface area (TPSA) is 167 Å². The summed E-state index contributed by atoms with van der Waals surface area (Å²) in [5.74, 6) is -3.19. The molecule has 1 saturated heterocycles. The van der Waals surface area contributed by atoms with E-state index in [9.17, 15) is 24.3 Å². The van der Waals surface area contributed by atoms with Crippen molar-refractivity contribution in [2.45, 2.75) is 16.3 Å². The zero-order chi connectivity index (χ0) is 25.3. The van der Waals surface area contributed by atoms with Crippen LogP contribution in [0, 0.1) is 0 Å². The number of β-lactam (4-membered cyclic amide) rings is 1. The lowest BCUT2D eigenvalue weighted by Crippen LogP contribution is -2.70. The molecule has 4 heterocycles. The van der Waals surface area contributed by atoms with E-state index in [1.807, 2.05) is 36.1 Å². The van der Waals surface area contributed by atoms with Gasteiger partial charge in [-0.15, -0.1) is 34.9 Å². The summed E-state index contributed by atoms with van der Waals surface area (Å²) in [5, 5.41) is 22.5. The van der Waals surface area contributed by atoms with Crippen molar-refractivity contribution in [3.63, 3.8) is 0 Å². The Hall–Kier alpha value is -3.36. The second-order valence-corrected chi connectivity index (χ2v) is 10.6. The largest absolute Gasteiger partial charge is 0.478 e. The Morgan fingerprint density at radius 3 is 2.66 bits per heavy atom. The Morgan fingerprint density at radius 2 is 2.06 bits per heavy atom. The summed E-state index contributed by atoms with van der Waals surface area (Å²) in [4.78, 5) is 55.1. The third-order valence-corrected chi connectivity index (χ3v) is 8.32. The summed E-state index contributed by atoms with van der Waals surface area (Å²) in [7, 11) is 1.90. The number of anilines is 1. The number of carboxylic acid groups (broad SMARTS) is 2. The van der Waals surface area contributed by atoms with Crippen LogP contribution in [-0.2, 0) is 26.2 Å². The molecule has 35 heavy (non-hydrogen) atoms. The van der Waals surface area contributed by atoms with Gasteiger partial charge in [0.2, 0.25) is 0 Å². The van der Waals surface area contributed by atoms with Crippen molar-refractivity contribution in [1.82, 2.24) is 15.2 Å². The molecule has 2 aliphatic heterocycles. The molecule has 11 nitrogen and oxygen atoms in total. The van der Waals surface area contributed by atoms with Crippen molar-refractivity contribution in [2.24, 2.45) is 7.05 Å². The van der Waals surface area contributed by atoms with Gasteiger partial charge in [-0.2, -0.15) is 0 Å². The number of nitrogens with one attached hydrogen (secondary N) is 1. The van der Waals surface area contributed by atoms with Gasteiger partial charge in [-0.25, -0.2) is 19.1 Å². The lowest BCUT2D eigenvalue weighted by atomic mass is 10.0. The van der Waals surface area contributed by atoms with Crippen molar-refractivity contribution in [1.29, 1.82) is 0 Å². The number of fused-ring (bicyclic) bond motifs is 1. The van der Waals surface area contributed by atoms with Gasteiger partial charge in [-0.3, -0.25) is 14.5 Å². The van der Waals surface area contributed by atoms with Crippen LogP contribution in [0.1, 0.15) is 5.69 Å². The molecular weight excluding hydrogens is 514 g/mol. The van der Waals surface area contributed by atoms with Gasteiger partial charge in [-0.05, 0) is 5.57 Å². The number of aromatic nitrogens is 2. The van der Waals surface area contributed by atoms with E-state index in [-0.39, 0.29) is 22.1 Å². The number of carbonyl (C=O) groups is 4. The van der Waals surface area contributed by atoms with Gasteiger partial charge in [0.1, 0.15) is 24.2 Å². The lowest BCUT2D eigenvalue weighted by Gasteiger charge is -2.49. The molecule has 2 aliphatic rings. The zero-order valence-electron chi connectivity index (χ0n) is 18.2. The first-order valence-electron chi connectivity index (χ1n) is 10.1. The highest BCUT2D eigenvalue weighted by Crippen LogP contribution is 2.41. The van der Waals surface area contributed by atoms with Gasteiger partial charge >= 0.3 is 11.9 Å². The average molecular weight is 535 g/mol. The van der Waals surface area contributed by atoms with Crippen molar-refractivity contribution >= 4 is 69.3 Å². The number of thiazole rings is 1. The molecule has 2 aromatic rings. The van der Waals surface area contributed by atoms with Gasteiger partial charge in [0.05, 0.1) is 11.3 Å². The third-order valence-electron chi connectivity index (χ3n) is 5.21. The molecule has 14 heteroatoms. The summed E-state index contributed by atoms with van der Waals surface area (Å²) >= 11 is 3.85. The fourth-order valence-corrected chi connectivity index (χ4v) is 6.49. The van der Waals surface area contributed by atoms with Crippen molar-refractivity contribution < 1.29 is 34.0 Å². The van der Waals surface area contributed by atoms with Crippen LogP contribution in [0.3, 0.4) is 0 Å². The first kappa shape index (κ1) is 24.8. The molecule has 0 aromatic carbocycles. The summed E-state index contributed by atoms with van der Waals surface area (Å²) in [5.41, 5.74) is 5.95. The number of hydrogen-bond acceptors (Lipinski definition) is 9. The van der Waals surface area contributed by atoms with E-state index in [1.165, 1.54) is 33.8 Å². The number of rotatable bonds is 8. The number of hydrogen-bond donors (Lipinski definition) is 4. The minimum absolute atomic E-state index is 0.0762. The van der Waals surface area contributed by atoms with E-state index >= 15 is 0 Å². The second-order valence-electron chi connectivity index (χ2n) is 7.57. The maximum atomic E-state index is 12.9. The molecule has 2 amide bonds. The normalized spacial score (nSPS) is 19.7. The van der Waals surface area contributed by atoms with Gasteiger partial charge in [0.25, 0.3) is 11.8 Å². The number of carbonyl (C=O) groups excluding carboxylic acids is 2. The maximum Gasteiger partial charge on any atom is 0.352 e. The van der Waals surface area contributed by atoms with Crippen molar-refractivity contribution in [3.05, 3.63) is 52.9 Å². The van der Waals surface area contributed by atoms with E-state index in [0.717, 1.165) is 16.2 Å². The Bertz CT molecular complexity index is 1270. The van der Waals surface area contributed by atoms with Gasteiger partial charge in [0.15, 0.2) is 17.5 Å². The number of aliphatic carboxylic acids is 2. The number of thioether (sulfide) groups is 2. The van der Waals surface area contributed by atoms with Crippen LogP contribution in [0.15, 0.2) is 52.1 Å². The molecule has 1 fully saturated rings. The molecule has 0 radical (unpaired) electrons. The number of amides is 2. The highest BCUT2D eigenvalue weighted by molar-refractivity contribution is 8.01. The highest BCUT2D eigenvalue weighted by Gasteiger charge is 2.54. The van der Waals surface area contributed by atoms with Crippen LogP contribution in [0.25, 0.3) is 5.57 Å². The molecule has 182 valence electrons. The third kappa shape index (κ3) is 5.18. The lowest BCUT2D eigenvalue weighted by molar-refractivity contribution is -0.671. The molecule has 4 rings (SSSR count). The molecule has 1 unspecified atom stereocenters. The van der Waals surface area contributed by atoms with Crippen LogP contribution in [0.4, 0.5) is 5.13 Å². The van der Waals surface area contributed by atoms with E-state index in [2.05, 4.69) is 10.3 Å². The predicted molar refractivity (Wildman–Crippen MR) is 130 cm³/mol. The SMILES string of the molecule is C[n+]1ccc(SCC2=C(C(=O)O)N3C(=O)C(NC(=O)/C(=C\C(=O)O)c4csc(N)n4)[C@H]3SC2)cc1. The Balaban J connectivity index is 1.50. The smallest absolute Gasteiger partial charge is 0.352 e. The zero-order valence-corrected chi connectivity index (χ0v) is 20.7. The Morgan fingerprint density at radius 1 is 1.34 bits per heavy atom. The molecular formula is C21H20N5O6S3+. The molecule has 2 aromatic heterocycles. The fraction of sp³-hybridized carbons (Fsp3) is 0.238. The first-order chi connectivity index (χ1) is 16.7. The Labute approximate surface area is 211 Å². The van der Waals surface area contributed by atoms with Crippen molar-refractivity contribution in [3.8, 4) is 0 Å². The minimum atomic E-state index is -1.36. The molecule has 2 atom stereocenters. The fourth-order valence-electron chi connectivity index (χ4n) is 3.56. The van der Waals surface area contributed by atoms with E-state index < -0.39 is 35.2 Å². The standard InChI is InChI=1S/C21H19N5O6S3/c1-25-4-2-11(3-5-25)33-7-10-8-34-19-15(18(30)26(19)16(10)20(31)32)24-17(29)12(6-14(27)28)13-9-35-21(22)23-13/h2-6,9,15,19H,7-8H2,1H3,(H4-,22,23,24,27,28,29,31,32)/p+1/b12-6-/t15?,19-/m1/s1. The van der Waals surface area contributed by atoms with Gasteiger partial charge in [0, 0.05) is 40.0 Å². The van der Waals surface area contributed by atoms with E-state index in [4.69, 9.17) is 10.8 Å². The molecule has 0 spiro atoms. The van der Waals surface area contributed by atoms with Crippen molar-refractivity contribution in [2.75, 3.05) is 17.2 Å². The van der Waals surface area contributed by atoms with Gasteiger partial charge < -0.3 is 21.3 Å². The van der Waals surface area contributed by atoms with E-state index in [0.29, 0.717) is 23.2 Å². The van der Waals surface area contributed by atoms with E-state index in [1.54, 1.807) is 0 Å². The average Bonchev–Trinajstić information content (AvgIpc) is 3.25. The quantitative estimate of drug-likeness (QED) is 0.162.